The predicted molar refractivity (Wildman–Crippen MR) is 128 cm³/mol. The zero-order valence-electron chi connectivity index (χ0n) is 16.4. The Labute approximate surface area is 185 Å². The second kappa shape index (κ2) is 9.28. The highest BCUT2D eigenvalue weighted by Gasteiger charge is 2.16. The summed E-state index contributed by atoms with van der Waals surface area (Å²) in [5, 5.41) is 4.39. The second-order valence-corrected chi connectivity index (χ2v) is 8.42. The van der Waals surface area contributed by atoms with Crippen LogP contribution in [-0.4, -0.2) is 22.4 Å². The molecule has 0 saturated carbocycles. The minimum atomic E-state index is -0.0867. The number of rotatable bonds is 4. The standard InChI is InChI=1S/C24H20ClN3OS/c1-16-6-8-17(9-7-16)22-14-24(28-21-5-3-2-4-20(21)27-22)30-15-23(29)26-19-12-10-18(25)11-13-19/h2-13H,14-15H2,1H3,(H,26,29). The van der Waals surface area contributed by atoms with Crippen LogP contribution in [-0.2, 0) is 4.79 Å². The number of benzene rings is 3. The number of aryl methyl sites for hydroxylation is 1. The monoisotopic (exact) mass is 433 g/mol. The maximum Gasteiger partial charge on any atom is 0.234 e. The predicted octanol–water partition coefficient (Wildman–Crippen LogP) is 6.57. The third-order valence-corrected chi connectivity index (χ3v) is 5.81. The van der Waals surface area contributed by atoms with Crippen molar-refractivity contribution in [3.8, 4) is 0 Å². The summed E-state index contributed by atoms with van der Waals surface area (Å²) in [7, 11) is 0. The van der Waals surface area contributed by atoms with Gasteiger partial charge in [0.2, 0.25) is 5.91 Å². The van der Waals surface area contributed by atoms with E-state index < -0.39 is 0 Å². The van der Waals surface area contributed by atoms with Crippen LogP contribution in [0.3, 0.4) is 0 Å². The molecule has 1 aliphatic rings. The number of hydrogen-bond donors (Lipinski definition) is 1. The molecule has 3 aromatic rings. The average Bonchev–Trinajstić information content (AvgIpc) is 2.94. The van der Waals surface area contributed by atoms with Gasteiger partial charge in [-0.3, -0.25) is 9.79 Å². The van der Waals surface area contributed by atoms with E-state index in [-0.39, 0.29) is 11.7 Å². The van der Waals surface area contributed by atoms with Gasteiger partial charge in [0.15, 0.2) is 0 Å². The van der Waals surface area contributed by atoms with Crippen LogP contribution in [0, 0.1) is 6.92 Å². The Bertz CT molecular complexity index is 1120. The highest BCUT2D eigenvalue weighted by atomic mass is 35.5. The third-order valence-electron chi connectivity index (χ3n) is 4.58. The van der Waals surface area contributed by atoms with Gasteiger partial charge in [0.05, 0.1) is 27.9 Å². The molecule has 0 unspecified atom stereocenters. The van der Waals surface area contributed by atoms with Crippen LogP contribution >= 0.6 is 23.4 Å². The first-order valence-corrected chi connectivity index (χ1v) is 10.9. The van der Waals surface area contributed by atoms with E-state index in [2.05, 4.69) is 36.5 Å². The number of nitrogens with zero attached hydrogens (tertiary/aromatic N) is 2. The van der Waals surface area contributed by atoms with E-state index in [4.69, 9.17) is 21.6 Å². The smallest absolute Gasteiger partial charge is 0.234 e. The second-order valence-electron chi connectivity index (χ2n) is 6.94. The third kappa shape index (κ3) is 5.17. The molecule has 0 spiro atoms. The average molecular weight is 434 g/mol. The molecule has 1 aliphatic heterocycles. The van der Waals surface area contributed by atoms with Gasteiger partial charge in [-0.1, -0.05) is 53.6 Å². The minimum absolute atomic E-state index is 0.0867. The summed E-state index contributed by atoms with van der Waals surface area (Å²) in [5.41, 5.74) is 5.60. The van der Waals surface area contributed by atoms with Crippen LogP contribution < -0.4 is 5.32 Å². The van der Waals surface area contributed by atoms with Gasteiger partial charge < -0.3 is 5.32 Å². The maximum atomic E-state index is 12.4. The molecule has 4 rings (SSSR count). The number of para-hydroxylation sites is 2. The van der Waals surface area contributed by atoms with E-state index in [1.165, 1.54) is 17.3 Å². The zero-order valence-corrected chi connectivity index (χ0v) is 18.0. The number of fused-ring (bicyclic) bond motifs is 1. The molecule has 1 heterocycles. The molecule has 3 aromatic carbocycles. The van der Waals surface area contributed by atoms with E-state index in [0.29, 0.717) is 11.4 Å². The van der Waals surface area contributed by atoms with Gasteiger partial charge >= 0.3 is 0 Å². The first-order chi connectivity index (χ1) is 14.6. The van der Waals surface area contributed by atoms with Crippen molar-refractivity contribution in [2.24, 2.45) is 9.98 Å². The molecule has 0 aliphatic carbocycles. The molecule has 0 saturated heterocycles. The summed E-state index contributed by atoms with van der Waals surface area (Å²) < 4.78 is 0. The number of amides is 1. The Kier molecular flexibility index (Phi) is 6.31. The van der Waals surface area contributed by atoms with Crippen molar-refractivity contribution >= 4 is 57.1 Å². The van der Waals surface area contributed by atoms with Crippen molar-refractivity contribution in [3.05, 3.63) is 88.9 Å². The normalized spacial score (nSPS) is 13.0. The summed E-state index contributed by atoms with van der Waals surface area (Å²) in [5.74, 6) is 0.182. The molecule has 0 atom stereocenters. The van der Waals surface area contributed by atoms with Gasteiger partial charge in [0, 0.05) is 17.1 Å². The van der Waals surface area contributed by atoms with Gasteiger partial charge in [-0.2, -0.15) is 0 Å². The number of nitrogens with one attached hydrogen (secondary N) is 1. The Balaban J connectivity index is 1.51. The highest BCUT2D eigenvalue weighted by molar-refractivity contribution is 8.14. The molecule has 4 nitrogen and oxygen atoms in total. The van der Waals surface area contributed by atoms with Crippen molar-refractivity contribution in [2.75, 3.05) is 11.1 Å². The van der Waals surface area contributed by atoms with Crippen LogP contribution in [0.25, 0.3) is 0 Å². The Morgan fingerprint density at radius 1 is 0.967 bits per heavy atom. The van der Waals surface area contributed by atoms with E-state index >= 15 is 0 Å². The van der Waals surface area contributed by atoms with E-state index in [0.717, 1.165) is 33.4 Å². The molecular weight excluding hydrogens is 414 g/mol. The zero-order chi connectivity index (χ0) is 20.9. The lowest BCUT2D eigenvalue weighted by atomic mass is 10.1. The molecule has 150 valence electrons. The first kappa shape index (κ1) is 20.4. The van der Waals surface area contributed by atoms with Crippen molar-refractivity contribution in [3.63, 3.8) is 0 Å². The Morgan fingerprint density at radius 3 is 2.33 bits per heavy atom. The van der Waals surface area contributed by atoms with Crippen molar-refractivity contribution < 1.29 is 4.79 Å². The molecule has 6 heteroatoms. The van der Waals surface area contributed by atoms with Crippen molar-refractivity contribution in [2.45, 2.75) is 13.3 Å². The molecule has 1 N–H and O–H groups in total. The SMILES string of the molecule is Cc1ccc(C2=Nc3ccccc3N=C(SCC(=O)Nc3ccc(Cl)cc3)C2)cc1. The summed E-state index contributed by atoms with van der Waals surface area (Å²) in [6.07, 6.45) is 0.580. The summed E-state index contributed by atoms with van der Waals surface area (Å²) >= 11 is 7.33. The molecule has 0 fully saturated rings. The highest BCUT2D eigenvalue weighted by Crippen LogP contribution is 2.33. The lowest BCUT2D eigenvalue weighted by molar-refractivity contribution is -0.113. The number of carbonyl (C=O) groups is 1. The Morgan fingerprint density at radius 2 is 1.63 bits per heavy atom. The quantitative estimate of drug-likeness (QED) is 0.505. The Hall–Kier alpha value is -2.89. The fourth-order valence-corrected chi connectivity index (χ4v) is 3.93. The molecule has 1 amide bonds. The maximum absolute atomic E-state index is 12.4. The summed E-state index contributed by atoms with van der Waals surface area (Å²) in [6, 6.07) is 23.2. The van der Waals surface area contributed by atoms with E-state index in [1.807, 2.05) is 24.3 Å². The van der Waals surface area contributed by atoms with Gasteiger partial charge in [-0.05, 0) is 48.9 Å². The summed E-state index contributed by atoms with van der Waals surface area (Å²) in [6.45, 7) is 2.07. The van der Waals surface area contributed by atoms with E-state index in [1.54, 1.807) is 24.3 Å². The number of anilines is 1. The van der Waals surface area contributed by atoms with Gasteiger partial charge in [-0.25, -0.2) is 4.99 Å². The molecule has 30 heavy (non-hydrogen) atoms. The molecule has 0 bridgehead atoms. The number of carbonyl (C=O) groups excluding carboxylic acids is 1. The number of aliphatic imine (C=N–C) groups is 2. The van der Waals surface area contributed by atoms with Crippen LogP contribution in [0.5, 0.6) is 0 Å². The topological polar surface area (TPSA) is 53.8 Å². The van der Waals surface area contributed by atoms with Gasteiger partial charge in [0.1, 0.15) is 0 Å². The largest absolute Gasteiger partial charge is 0.325 e. The van der Waals surface area contributed by atoms with Crippen LogP contribution in [0.15, 0.2) is 82.8 Å². The van der Waals surface area contributed by atoms with Crippen LogP contribution in [0.4, 0.5) is 17.1 Å². The van der Waals surface area contributed by atoms with Crippen LogP contribution in [0.1, 0.15) is 17.5 Å². The fourth-order valence-electron chi connectivity index (χ4n) is 3.03. The number of thioether (sulfide) groups is 1. The lowest BCUT2D eigenvalue weighted by Gasteiger charge is -2.09. The number of halogens is 1. The molecule has 0 radical (unpaired) electrons. The molecule has 0 aromatic heterocycles. The lowest BCUT2D eigenvalue weighted by Crippen LogP contribution is -2.16. The number of hydrogen-bond acceptors (Lipinski definition) is 4. The summed E-state index contributed by atoms with van der Waals surface area (Å²) in [4.78, 5) is 22.1. The van der Waals surface area contributed by atoms with Crippen molar-refractivity contribution in [1.29, 1.82) is 0 Å². The minimum Gasteiger partial charge on any atom is -0.325 e. The van der Waals surface area contributed by atoms with Gasteiger partial charge in [0.25, 0.3) is 0 Å². The molecular formula is C24H20ClN3OS. The fraction of sp³-hybridized carbons (Fsp3) is 0.125. The van der Waals surface area contributed by atoms with Gasteiger partial charge in [-0.15, -0.1) is 11.8 Å². The van der Waals surface area contributed by atoms with E-state index in [9.17, 15) is 4.79 Å². The van der Waals surface area contributed by atoms with Crippen molar-refractivity contribution in [1.82, 2.24) is 0 Å². The van der Waals surface area contributed by atoms with Crippen LogP contribution in [0.2, 0.25) is 5.02 Å². The first-order valence-electron chi connectivity index (χ1n) is 9.56.